The Morgan fingerprint density at radius 3 is 2.88 bits per heavy atom. The minimum Gasteiger partial charge on any atom is -0.480 e. The zero-order chi connectivity index (χ0) is 12.4. The van der Waals surface area contributed by atoms with Gasteiger partial charge in [-0.05, 0) is 40.9 Å². The number of aliphatic carboxylic acids is 1. The normalized spacial score (nSPS) is 19.4. The molecule has 0 saturated carbocycles. The van der Waals surface area contributed by atoms with Gasteiger partial charge in [-0.25, -0.2) is 9.78 Å². The van der Waals surface area contributed by atoms with E-state index in [1.54, 1.807) is 18.2 Å². The molecule has 1 saturated heterocycles. The Balaban J connectivity index is 2.23. The molecule has 17 heavy (non-hydrogen) atoms. The van der Waals surface area contributed by atoms with E-state index in [9.17, 15) is 9.59 Å². The maximum atomic E-state index is 12.1. The molecule has 0 aliphatic carbocycles. The second kappa shape index (κ2) is 4.83. The van der Waals surface area contributed by atoms with Crippen LogP contribution < -0.4 is 0 Å². The number of carboxylic acids is 1. The van der Waals surface area contributed by atoms with Gasteiger partial charge < -0.3 is 10.0 Å². The molecule has 2 rings (SSSR count). The number of amides is 1. The van der Waals surface area contributed by atoms with Crippen molar-refractivity contribution >= 4 is 27.8 Å². The van der Waals surface area contributed by atoms with Crippen molar-refractivity contribution in [2.24, 2.45) is 0 Å². The average Bonchev–Trinajstić information content (AvgIpc) is 2.77. The van der Waals surface area contributed by atoms with Crippen LogP contribution in [-0.4, -0.2) is 39.5 Å². The molecule has 0 spiro atoms. The van der Waals surface area contributed by atoms with Crippen LogP contribution in [0.3, 0.4) is 0 Å². The molecule has 6 heteroatoms. The molecule has 1 fully saturated rings. The van der Waals surface area contributed by atoms with E-state index in [1.165, 1.54) is 4.90 Å². The molecule has 2 heterocycles. The summed E-state index contributed by atoms with van der Waals surface area (Å²) in [7, 11) is 0. The summed E-state index contributed by atoms with van der Waals surface area (Å²) in [5.74, 6) is -1.28. The van der Waals surface area contributed by atoms with Crippen molar-refractivity contribution in [1.82, 2.24) is 9.88 Å². The Morgan fingerprint density at radius 1 is 1.47 bits per heavy atom. The summed E-state index contributed by atoms with van der Waals surface area (Å²) in [6.45, 7) is 0.476. The van der Waals surface area contributed by atoms with Crippen LogP contribution in [0.5, 0.6) is 0 Å². The quantitative estimate of drug-likeness (QED) is 0.841. The molecule has 0 aromatic carbocycles. The van der Waals surface area contributed by atoms with Crippen molar-refractivity contribution < 1.29 is 14.7 Å². The molecule has 1 aliphatic heterocycles. The van der Waals surface area contributed by atoms with Crippen molar-refractivity contribution in [2.75, 3.05) is 6.54 Å². The van der Waals surface area contributed by atoms with Crippen molar-refractivity contribution in [3.63, 3.8) is 0 Å². The van der Waals surface area contributed by atoms with Gasteiger partial charge in [0.1, 0.15) is 16.3 Å². The van der Waals surface area contributed by atoms with Gasteiger partial charge in [-0.3, -0.25) is 4.79 Å². The molecular weight excluding hydrogens is 288 g/mol. The predicted molar refractivity (Wildman–Crippen MR) is 63.6 cm³/mol. The van der Waals surface area contributed by atoms with Crippen LogP contribution >= 0.6 is 15.9 Å². The highest BCUT2D eigenvalue weighted by Crippen LogP contribution is 2.20. The molecule has 1 aromatic heterocycles. The third-order valence-electron chi connectivity index (χ3n) is 2.73. The van der Waals surface area contributed by atoms with Crippen LogP contribution in [0.15, 0.2) is 22.8 Å². The topological polar surface area (TPSA) is 70.5 Å². The summed E-state index contributed by atoms with van der Waals surface area (Å²) in [5, 5.41) is 9.01. The second-order valence-corrected chi connectivity index (χ2v) is 4.65. The molecule has 1 N–H and O–H groups in total. The first kappa shape index (κ1) is 12.0. The fourth-order valence-electron chi connectivity index (χ4n) is 1.94. The number of carbonyl (C=O) groups excluding carboxylic acids is 1. The molecule has 5 nitrogen and oxygen atoms in total. The SMILES string of the molecule is O=C(O)[C@H]1CCCN1C(=O)c1cccc(Br)n1. The van der Waals surface area contributed by atoms with Crippen molar-refractivity contribution in [3.05, 3.63) is 28.5 Å². The standard InChI is InChI=1S/C11H11BrN2O3/c12-9-5-1-3-7(13-9)10(15)14-6-2-4-8(14)11(16)17/h1,3,5,8H,2,4,6H2,(H,16,17)/t8-/m1/s1. The number of hydrogen-bond donors (Lipinski definition) is 1. The van der Waals surface area contributed by atoms with Gasteiger partial charge in [0.25, 0.3) is 5.91 Å². The zero-order valence-corrected chi connectivity index (χ0v) is 10.6. The van der Waals surface area contributed by atoms with Crippen LogP contribution in [0.4, 0.5) is 0 Å². The number of halogens is 1. The van der Waals surface area contributed by atoms with Crippen LogP contribution in [0, 0.1) is 0 Å². The van der Waals surface area contributed by atoms with Crippen molar-refractivity contribution in [1.29, 1.82) is 0 Å². The maximum absolute atomic E-state index is 12.1. The third-order valence-corrected chi connectivity index (χ3v) is 3.17. The molecule has 1 aromatic rings. The van der Waals surface area contributed by atoms with Gasteiger partial charge in [0, 0.05) is 6.54 Å². The second-order valence-electron chi connectivity index (χ2n) is 3.84. The minimum atomic E-state index is -0.953. The first-order valence-electron chi connectivity index (χ1n) is 5.26. The Bertz CT molecular complexity index is 464. The lowest BCUT2D eigenvalue weighted by atomic mass is 10.2. The van der Waals surface area contributed by atoms with E-state index >= 15 is 0 Å². The smallest absolute Gasteiger partial charge is 0.326 e. The summed E-state index contributed by atoms with van der Waals surface area (Å²) in [6.07, 6.45) is 1.23. The maximum Gasteiger partial charge on any atom is 0.326 e. The van der Waals surface area contributed by atoms with E-state index < -0.39 is 12.0 Å². The molecule has 0 radical (unpaired) electrons. The fraction of sp³-hybridized carbons (Fsp3) is 0.364. The Kier molecular flexibility index (Phi) is 3.42. The van der Waals surface area contributed by atoms with Gasteiger partial charge in [-0.15, -0.1) is 0 Å². The highest BCUT2D eigenvalue weighted by atomic mass is 79.9. The van der Waals surface area contributed by atoms with E-state index in [0.717, 1.165) is 6.42 Å². The third kappa shape index (κ3) is 2.46. The Morgan fingerprint density at radius 2 is 2.24 bits per heavy atom. The van der Waals surface area contributed by atoms with Gasteiger partial charge >= 0.3 is 5.97 Å². The van der Waals surface area contributed by atoms with Crippen LogP contribution in [0.1, 0.15) is 23.3 Å². The van der Waals surface area contributed by atoms with E-state index in [1.807, 2.05) is 0 Å². The van der Waals surface area contributed by atoms with Crippen LogP contribution in [-0.2, 0) is 4.79 Å². The Hall–Kier alpha value is -1.43. The van der Waals surface area contributed by atoms with E-state index in [4.69, 9.17) is 5.11 Å². The summed E-state index contributed by atoms with van der Waals surface area (Å²) in [6, 6.07) is 4.29. The summed E-state index contributed by atoms with van der Waals surface area (Å²) in [5.41, 5.74) is 0.271. The number of hydrogen-bond acceptors (Lipinski definition) is 3. The first-order chi connectivity index (χ1) is 8.09. The molecule has 1 aliphatic rings. The highest BCUT2D eigenvalue weighted by molar-refractivity contribution is 9.10. The summed E-state index contributed by atoms with van der Waals surface area (Å²) < 4.78 is 0.564. The monoisotopic (exact) mass is 298 g/mol. The minimum absolute atomic E-state index is 0.271. The lowest BCUT2D eigenvalue weighted by Gasteiger charge is -2.20. The number of likely N-dealkylation sites (tertiary alicyclic amines) is 1. The average molecular weight is 299 g/mol. The lowest BCUT2D eigenvalue weighted by molar-refractivity contribution is -0.141. The van der Waals surface area contributed by atoms with E-state index in [0.29, 0.717) is 17.6 Å². The van der Waals surface area contributed by atoms with Gasteiger partial charge in [0.15, 0.2) is 0 Å². The number of carbonyl (C=O) groups is 2. The number of rotatable bonds is 2. The molecular formula is C11H11BrN2O3. The molecule has 90 valence electrons. The highest BCUT2D eigenvalue weighted by Gasteiger charge is 2.34. The largest absolute Gasteiger partial charge is 0.480 e. The summed E-state index contributed by atoms with van der Waals surface area (Å²) >= 11 is 3.18. The molecule has 0 bridgehead atoms. The molecule has 1 atom stereocenters. The van der Waals surface area contributed by atoms with Gasteiger partial charge in [0.05, 0.1) is 0 Å². The summed E-state index contributed by atoms with van der Waals surface area (Å²) in [4.78, 5) is 28.5. The number of aromatic nitrogens is 1. The van der Waals surface area contributed by atoms with Gasteiger partial charge in [-0.2, -0.15) is 0 Å². The van der Waals surface area contributed by atoms with Crippen molar-refractivity contribution in [2.45, 2.75) is 18.9 Å². The van der Waals surface area contributed by atoms with E-state index in [2.05, 4.69) is 20.9 Å². The number of carboxylic acid groups (broad SMARTS) is 1. The molecule has 0 unspecified atom stereocenters. The van der Waals surface area contributed by atoms with Gasteiger partial charge in [0.2, 0.25) is 0 Å². The fourth-order valence-corrected chi connectivity index (χ4v) is 2.28. The van der Waals surface area contributed by atoms with Crippen molar-refractivity contribution in [3.8, 4) is 0 Å². The predicted octanol–water partition coefficient (Wildman–Crippen LogP) is 1.53. The Labute approximate surface area is 107 Å². The van der Waals surface area contributed by atoms with Crippen LogP contribution in [0.2, 0.25) is 0 Å². The van der Waals surface area contributed by atoms with E-state index in [-0.39, 0.29) is 11.6 Å². The first-order valence-corrected chi connectivity index (χ1v) is 6.05. The molecule has 1 amide bonds. The van der Waals surface area contributed by atoms with Crippen LogP contribution in [0.25, 0.3) is 0 Å². The van der Waals surface area contributed by atoms with Gasteiger partial charge in [-0.1, -0.05) is 6.07 Å². The zero-order valence-electron chi connectivity index (χ0n) is 8.97. The number of pyridine rings is 1. The lowest BCUT2D eigenvalue weighted by Crippen LogP contribution is -2.40. The number of nitrogens with zero attached hydrogens (tertiary/aromatic N) is 2.